The maximum absolute atomic E-state index is 5.65. The van der Waals surface area contributed by atoms with Gasteiger partial charge in [-0.05, 0) is 32.0 Å². The average Bonchev–Trinajstić information content (AvgIpc) is 3.04. The summed E-state index contributed by atoms with van der Waals surface area (Å²) in [5.41, 5.74) is 2.90. The molecule has 0 N–H and O–H groups in total. The highest BCUT2D eigenvalue weighted by molar-refractivity contribution is 7.13. The molecule has 0 radical (unpaired) electrons. The van der Waals surface area contributed by atoms with Crippen LogP contribution in [-0.4, -0.2) is 23.2 Å². The first-order chi connectivity index (χ1) is 11.2. The van der Waals surface area contributed by atoms with E-state index in [0.29, 0.717) is 5.88 Å². The summed E-state index contributed by atoms with van der Waals surface area (Å²) >= 11 is 1.59. The third-order valence-electron chi connectivity index (χ3n) is 3.23. The lowest BCUT2D eigenvalue weighted by atomic mass is 10.1. The second-order valence-electron chi connectivity index (χ2n) is 5.29. The summed E-state index contributed by atoms with van der Waals surface area (Å²) in [6.07, 6.45) is 1.84. The molecule has 0 aliphatic rings. The predicted octanol–water partition coefficient (Wildman–Crippen LogP) is 4.67. The van der Waals surface area contributed by atoms with E-state index in [1.165, 1.54) is 0 Å². The summed E-state index contributed by atoms with van der Waals surface area (Å²) in [5, 5.41) is 2.97. The SMILES string of the molecule is COc1ccccc1-c1csc(-c2ccnc(OC(C)C)c2)n1. The fourth-order valence-corrected chi connectivity index (χ4v) is 3.05. The molecule has 2 aromatic heterocycles. The molecule has 5 heteroatoms. The molecule has 23 heavy (non-hydrogen) atoms. The number of para-hydroxylation sites is 1. The molecular weight excluding hydrogens is 308 g/mol. The molecule has 0 aliphatic heterocycles. The van der Waals surface area contributed by atoms with Gasteiger partial charge in [-0.25, -0.2) is 9.97 Å². The van der Waals surface area contributed by atoms with E-state index < -0.39 is 0 Å². The normalized spacial score (nSPS) is 10.8. The smallest absolute Gasteiger partial charge is 0.214 e. The van der Waals surface area contributed by atoms with Crippen LogP contribution in [0.2, 0.25) is 0 Å². The molecule has 0 saturated heterocycles. The second-order valence-corrected chi connectivity index (χ2v) is 6.15. The first-order valence-corrected chi connectivity index (χ1v) is 8.27. The highest BCUT2D eigenvalue weighted by Gasteiger charge is 2.11. The van der Waals surface area contributed by atoms with E-state index in [1.807, 2.05) is 55.6 Å². The molecule has 0 aliphatic carbocycles. The largest absolute Gasteiger partial charge is 0.496 e. The van der Waals surface area contributed by atoms with Crippen molar-refractivity contribution in [2.24, 2.45) is 0 Å². The van der Waals surface area contributed by atoms with Crippen molar-refractivity contribution in [2.75, 3.05) is 7.11 Å². The van der Waals surface area contributed by atoms with E-state index in [-0.39, 0.29) is 6.10 Å². The van der Waals surface area contributed by atoms with E-state index in [0.717, 1.165) is 27.6 Å². The Labute approximate surface area is 139 Å². The Hall–Kier alpha value is -2.40. The number of methoxy groups -OCH3 is 1. The average molecular weight is 326 g/mol. The van der Waals surface area contributed by atoms with Crippen molar-refractivity contribution in [3.63, 3.8) is 0 Å². The Morgan fingerprint density at radius 3 is 2.74 bits per heavy atom. The Morgan fingerprint density at radius 2 is 1.96 bits per heavy atom. The zero-order valence-corrected chi connectivity index (χ0v) is 14.1. The number of nitrogens with zero attached hydrogens (tertiary/aromatic N) is 2. The lowest BCUT2D eigenvalue weighted by Crippen LogP contribution is -2.06. The third kappa shape index (κ3) is 3.51. The van der Waals surface area contributed by atoms with Gasteiger partial charge in [0.15, 0.2) is 0 Å². The van der Waals surface area contributed by atoms with Gasteiger partial charge in [-0.1, -0.05) is 12.1 Å². The van der Waals surface area contributed by atoms with Crippen molar-refractivity contribution in [1.29, 1.82) is 0 Å². The van der Waals surface area contributed by atoms with Crippen molar-refractivity contribution in [2.45, 2.75) is 20.0 Å². The van der Waals surface area contributed by atoms with Crippen molar-refractivity contribution in [3.05, 3.63) is 48.0 Å². The number of thiazole rings is 1. The minimum atomic E-state index is 0.0955. The number of pyridine rings is 1. The molecule has 0 spiro atoms. The van der Waals surface area contributed by atoms with Gasteiger partial charge in [0.1, 0.15) is 10.8 Å². The first kappa shape index (κ1) is 15.5. The van der Waals surface area contributed by atoms with E-state index in [4.69, 9.17) is 14.5 Å². The third-order valence-corrected chi connectivity index (χ3v) is 4.12. The number of rotatable bonds is 5. The van der Waals surface area contributed by atoms with Gasteiger partial charge in [0.2, 0.25) is 5.88 Å². The van der Waals surface area contributed by atoms with Gasteiger partial charge in [-0.3, -0.25) is 0 Å². The molecule has 0 saturated carbocycles. The van der Waals surface area contributed by atoms with E-state index >= 15 is 0 Å². The molecule has 2 heterocycles. The Bertz CT molecular complexity index is 799. The highest BCUT2D eigenvalue weighted by Crippen LogP contribution is 2.34. The summed E-state index contributed by atoms with van der Waals surface area (Å²) in [4.78, 5) is 8.97. The monoisotopic (exact) mass is 326 g/mol. The van der Waals surface area contributed by atoms with Gasteiger partial charge in [-0.2, -0.15) is 0 Å². The molecule has 4 nitrogen and oxygen atoms in total. The van der Waals surface area contributed by atoms with Crippen LogP contribution < -0.4 is 9.47 Å². The minimum Gasteiger partial charge on any atom is -0.496 e. The summed E-state index contributed by atoms with van der Waals surface area (Å²) in [6, 6.07) is 11.8. The quantitative estimate of drug-likeness (QED) is 0.683. The highest BCUT2D eigenvalue weighted by atomic mass is 32.1. The van der Waals surface area contributed by atoms with Gasteiger partial charge in [0.05, 0.1) is 18.9 Å². The zero-order chi connectivity index (χ0) is 16.2. The molecule has 118 valence electrons. The molecule has 0 bridgehead atoms. The summed E-state index contributed by atoms with van der Waals surface area (Å²) in [7, 11) is 1.67. The van der Waals surface area contributed by atoms with Crippen LogP contribution in [0.4, 0.5) is 0 Å². The van der Waals surface area contributed by atoms with E-state index in [1.54, 1.807) is 24.6 Å². The van der Waals surface area contributed by atoms with Gasteiger partial charge < -0.3 is 9.47 Å². The topological polar surface area (TPSA) is 44.2 Å². The number of aromatic nitrogens is 2. The number of hydrogen-bond donors (Lipinski definition) is 0. The molecular formula is C18H18N2O2S. The Balaban J connectivity index is 1.93. The Morgan fingerprint density at radius 1 is 1.13 bits per heavy atom. The van der Waals surface area contributed by atoms with Crippen LogP contribution in [0.1, 0.15) is 13.8 Å². The summed E-state index contributed by atoms with van der Waals surface area (Å²) in [5.74, 6) is 1.44. The predicted molar refractivity (Wildman–Crippen MR) is 93.1 cm³/mol. The van der Waals surface area contributed by atoms with Crippen molar-refractivity contribution < 1.29 is 9.47 Å². The van der Waals surface area contributed by atoms with E-state index in [2.05, 4.69) is 4.98 Å². The zero-order valence-electron chi connectivity index (χ0n) is 13.3. The van der Waals surface area contributed by atoms with Gasteiger partial charge in [0.25, 0.3) is 0 Å². The minimum absolute atomic E-state index is 0.0955. The van der Waals surface area contributed by atoms with Crippen molar-refractivity contribution in [3.8, 4) is 33.5 Å². The van der Waals surface area contributed by atoms with Crippen LogP contribution in [0.15, 0.2) is 48.0 Å². The van der Waals surface area contributed by atoms with Crippen LogP contribution in [0.5, 0.6) is 11.6 Å². The van der Waals surface area contributed by atoms with Crippen LogP contribution in [0.25, 0.3) is 21.8 Å². The standard InChI is InChI=1S/C18H18N2O2S/c1-12(2)22-17-10-13(8-9-19-17)18-20-15(11-23-18)14-6-4-5-7-16(14)21-3/h4-12H,1-3H3. The maximum atomic E-state index is 5.65. The molecule has 0 fully saturated rings. The number of hydrogen-bond acceptors (Lipinski definition) is 5. The molecule has 0 amide bonds. The van der Waals surface area contributed by atoms with Gasteiger partial charge >= 0.3 is 0 Å². The van der Waals surface area contributed by atoms with Gasteiger partial charge in [0, 0.05) is 28.8 Å². The van der Waals surface area contributed by atoms with Crippen LogP contribution in [-0.2, 0) is 0 Å². The molecule has 0 unspecified atom stereocenters. The fraction of sp³-hybridized carbons (Fsp3) is 0.222. The lowest BCUT2D eigenvalue weighted by molar-refractivity contribution is 0.233. The Kier molecular flexibility index (Phi) is 4.57. The summed E-state index contributed by atoms with van der Waals surface area (Å²) < 4.78 is 11.1. The van der Waals surface area contributed by atoms with Crippen LogP contribution in [0.3, 0.4) is 0 Å². The summed E-state index contributed by atoms with van der Waals surface area (Å²) in [6.45, 7) is 3.97. The molecule has 3 aromatic rings. The number of ether oxygens (including phenoxy) is 2. The van der Waals surface area contributed by atoms with E-state index in [9.17, 15) is 0 Å². The first-order valence-electron chi connectivity index (χ1n) is 7.39. The van der Waals surface area contributed by atoms with Gasteiger partial charge in [-0.15, -0.1) is 11.3 Å². The maximum Gasteiger partial charge on any atom is 0.214 e. The lowest BCUT2D eigenvalue weighted by Gasteiger charge is -2.08. The van der Waals surface area contributed by atoms with Crippen molar-refractivity contribution >= 4 is 11.3 Å². The van der Waals surface area contributed by atoms with Crippen LogP contribution >= 0.6 is 11.3 Å². The second kappa shape index (κ2) is 6.79. The molecule has 0 atom stereocenters. The van der Waals surface area contributed by atoms with Crippen molar-refractivity contribution in [1.82, 2.24) is 9.97 Å². The van der Waals surface area contributed by atoms with Crippen LogP contribution in [0, 0.1) is 0 Å². The fourth-order valence-electron chi connectivity index (χ4n) is 2.23. The molecule has 3 rings (SSSR count). The number of benzene rings is 1. The molecule has 1 aromatic carbocycles.